The molecule has 0 bridgehead atoms. The van der Waals surface area contributed by atoms with Gasteiger partial charge in [0.25, 0.3) is 0 Å². The lowest BCUT2D eigenvalue weighted by Gasteiger charge is -1.97. The molecule has 0 aliphatic carbocycles. The van der Waals surface area contributed by atoms with E-state index in [1.807, 2.05) is 0 Å². The average Bonchev–Trinajstić information content (AvgIpc) is 1.87. The maximum absolute atomic E-state index is 9.94. The van der Waals surface area contributed by atoms with Gasteiger partial charge in [0.05, 0.1) is 0 Å². The summed E-state index contributed by atoms with van der Waals surface area (Å²) in [6.07, 6.45) is 0. The highest BCUT2D eigenvalue weighted by molar-refractivity contribution is 6.02. The van der Waals surface area contributed by atoms with Crippen molar-refractivity contribution in [3.05, 3.63) is 4.91 Å². The minimum Gasteiger partial charge on any atom is -0.379 e. The van der Waals surface area contributed by atoms with Gasteiger partial charge < -0.3 is 22.4 Å². The smallest absolute Gasteiger partial charge is 0.244 e. The molecule has 0 aromatic rings. The van der Waals surface area contributed by atoms with Gasteiger partial charge in [0.1, 0.15) is 0 Å². The highest BCUT2D eigenvalue weighted by Crippen LogP contribution is 1.69. The molecule has 0 heterocycles. The predicted octanol–water partition coefficient (Wildman–Crippen LogP) is -2.57. The van der Waals surface area contributed by atoms with Crippen LogP contribution in [0, 0.1) is 4.91 Å². The first-order valence-electron chi connectivity index (χ1n) is 2.28. The summed E-state index contributed by atoms with van der Waals surface area (Å²) in [6, 6.07) is -1.35. The van der Waals surface area contributed by atoms with Crippen LogP contribution in [0.4, 0.5) is 0 Å². The zero-order valence-electron chi connectivity index (χ0n) is 5.43. The lowest BCUT2D eigenvalue weighted by Crippen LogP contribution is -2.46. The van der Waals surface area contributed by atoms with Crippen LogP contribution in [-0.4, -0.2) is 23.1 Å². The van der Waals surface area contributed by atoms with Crippen molar-refractivity contribution in [2.24, 2.45) is 22.5 Å². The van der Waals surface area contributed by atoms with Crippen LogP contribution in [0.25, 0.3) is 0 Å². The molecule has 8 heteroatoms. The molecule has 0 rings (SSSR count). The summed E-state index contributed by atoms with van der Waals surface area (Å²) in [7, 11) is 0. The van der Waals surface area contributed by atoms with E-state index in [2.05, 4.69) is 11.5 Å². The number of hydrogen-bond donors (Lipinski definition) is 4. The zero-order valence-corrected chi connectivity index (χ0v) is 5.43. The van der Waals surface area contributed by atoms with E-state index in [1.54, 1.807) is 0 Å². The highest BCUT2D eigenvalue weighted by Gasteiger charge is 2.14. The normalized spacial score (nSPS) is 7.82. The Morgan fingerprint density at radius 3 is 1.45 bits per heavy atom. The van der Waals surface area contributed by atoms with Gasteiger partial charge in [-0.1, -0.05) is 0 Å². The van der Waals surface area contributed by atoms with Gasteiger partial charge in [0, 0.05) is 0 Å². The van der Waals surface area contributed by atoms with Gasteiger partial charge in [0.15, 0.2) is 11.4 Å². The van der Waals surface area contributed by atoms with Gasteiger partial charge in [0.2, 0.25) is 11.8 Å². The van der Waals surface area contributed by atoms with Crippen LogP contribution in [0.3, 0.4) is 0 Å². The fourth-order valence-corrected chi connectivity index (χ4v) is 0.140. The van der Waals surface area contributed by atoms with Crippen molar-refractivity contribution >= 4 is 11.8 Å². The van der Waals surface area contributed by atoms with E-state index in [9.17, 15) is 9.59 Å². The Morgan fingerprint density at radius 1 is 1.27 bits per heavy atom. The van der Waals surface area contributed by atoms with Crippen molar-refractivity contribution in [1.29, 1.82) is 0 Å². The first-order valence-corrected chi connectivity index (χ1v) is 2.28. The summed E-state index contributed by atoms with van der Waals surface area (Å²) in [5.74, 6) is -1.81. The number of hydrogen-bond acceptors (Lipinski definition) is 5. The van der Waals surface area contributed by atoms with Crippen molar-refractivity contribution in [2.45, 2.75) is 6.04 Å². The van der Waals surface area contributed by atoms with E-state index in [0.717, 1.165) is 0 Å². The number of nitrogens with zero attached hydrogens (tertiary/aromatic N) is 1. The minimum atomic E-state index is -1.35. The molecule has 0 aromatic heterocycles. The Morgan fingerprint density at radius 2 is 1.45 bits per heavy atom. The molecule has 7 N–H and O–H groups in total. The number of carbonyl (C=O) groups is 2. The van der Waals surface area contributed by atoms with Gasteiger partial charge in [-0.3, -0.25) is 9.59 Å². The van der Waals surface area contributed by atoms with Gasteiger partial charge in [-0.25, -0.2) is 0 Å². The molecule has 0 spiro atoms. The molecule has 0 aliphatic rings. The van der Waals surface area contributed by atoms with Crippen LogP contribution in [0.2, 0.25) is 0 Å². The predicted molar refractivity (Wildman–Crippen MR) is 33.9 cm³/mol. The largest absolute Gasteiger partial charge is 0.379 e. The molecule has 0 saturated carbocycles. The molecular formula is C3H8N4O4. The molecule has 0 unspecified atom stereocenters. The molecular weight excluding hydrogens is 156 g/mol. The summed E-state index contributed by atoms with van der Waals surface area (Å²) >= 11 is 0. The third kappa shape index (κ3) is 8.30. The van der Waals surface area contributed by atoms with Crippen LogP contribution < -0.4 is 17.2 Å². The fourth-order valence-electron chi connectivity index (χ4n) is 0.140. The highest BCUT2D eigenvalue weighted by atomic mass is 16.6. The van der Waals surface area contributed by atoms with E-state index in [-0.39, 0.29) is 0 Å². The van der Waals surface area contributed by atoms with E-state index >= 15 is 0 Å². The Bertz CT molecular complexity index is 143. The topological polar surface area (TPSA) is 162 Å². The van der Waals surface area contributed by atoms with E-state index in [0.29, 0.717) is 0 Å². The van der Waals surface area contributed by atoms with Gasteiger partial charge >= 0.3 is 0 Å². The maximum Gasteiger partial charge on any atom is 0.244 e. The Hall–Kier alpha value is -1.70. The van der Waals surface area contributed by atoms with Crippen LogP contribution >= 0.6 is 0 Å². The second kappa shape index (κ2) is 6.42. The Balaban J connectivity index is 0. The number of primary amides is 2. The quantitative estimate of drug-likeness (QED) is 0.200. The number of amides is 2. The second-order valence-electron chi connectivity index (χ2n) is 1.36. The number of rotatable bonds is 2. The lowest BCUT2D eigenvalue weighted by atomic mass is 10.3. The minimum absolute atomic E-state index is 0.905. The van der Waals surface area contributed by atoms with Gasteiger partial charge in [-0.05, 0) is 0 Å². The molecule has 0 aliphatic heterocycles. The van der Waals surface area contributed by atoms with Crippen molar-refractivity contribution in [3.63, 3.8) is 0 Å². The first-order chi connectivity index (χ1) is 4.97. The third-order valence-electron chi connectivity index (χ3n) is 0.613. The summed E-state index contributed by atoms with van der Waals surface area (Å²) in [5.41, 5.74) is 14.0. The van der Waals surface area contributed by atoms with Crippen LogP contribution in [0.1, 0.15) is 0 Å². The van der Waals surface area contributed by atoms with E-state index in [4.69, 9.17) is 15.8 Å². The molecule has 0 atom stereocenters. The summed E-state index contributed by atoms with van der Waals surface area (Å²) in [4.78, 5) is 28.0. The molecule has 2 amide bonds. The molecule has 0 fully saturated rings. The van der Waals surface area contributed by atoms with Gasteiger partial charge in [-0.15, -0.1) is 4.91 Å². The maximum atomic E-state index is 9.94. The molecule has 11 heavy (non-hydrogen) atoms. The third-order valence-corrected chi connectivity index (χ3v) is 0.613. The fraction of sp³-hybridized carbons (Fsp3) is 0.333. The van der Waals surface area contributed by atoms with Crippen molar-refractivity contribution in [2.75, 3.05) is 0 Å². The molecule has 0 aromatic carbocycles. The Kier molecular flexibility index (Phi) is 7.02. The van der Waals surface area contributed by atoms with Crippen LogP contribution in [0.15, 0.2) is 5.34 Å². The van der Waals surface area contributed by atoms with E-state index in [1.165, 1.54) is 5.34 Å². The first kappa shape index (κ1) is 12.0. The summed E-state index contributed by atoms with van der Waals surface area (Å²) in [6.45, 7) is 0. The summed E-state index contributed by atoms with van der Waals surface area (Å²) < 4.78 is 0. The van der Waals surface area contributed by atoms with Crippen molar-refractivity contribution < 1.29 is 14.8 Å². The lowest BCUT2D eigenvalue weighted by molar-refractivity contribution is -0.127. The molecule has 8 nitrogen and oxygen atoms in total. The SMILES string of the molecule is NC(=O)C(N)C(N)=O.O=NO. The van der Waals surface area contributed by atoms with Crippen molar-refractivity contribution in [1.82, 2.24) is 0 Å². The second-order valence-corrected chi connectivity index (χ2v) is 1.36. The monoisotopic (exact) mass is 164 g/mol. The molecule has 64 valence electrons. The van der Waals surface area contributed by atoms with Crippen molar-refractivity contribution in [3.8, 4) is 0 Å². The Labute approximate surface area is 61.3 Å². The standard InChI is InChI=1S/C3H7N3O2.HNO2/c4-1(2(5)7)3(6)8;2-1-3/h1H,4H2,(H2,5,7)(H2,6,8);(H,2,3). The number of nitrogens with two attached hydrogens (primary N) is 3. The number of carbonyl (C=O) groups excluding carboxylic acids is 2. The van der Waals surface area contributed by atoms with Gasteiger partial charge in [-0.2, -0.15) is 0 Å². The van der Waals surface area contributed by atoms with Crippen LogP contribution in [0.5, 0.6) is 0 Å². The zero-order chi connectivity index (χ0) is 9.44. The molecule has 0 saturated heterocycles. The average molecular weight is 164 g/mol. The summed E-state index contributed by atoms with van der Waals surface area (Å²) in [5, 5.41) is 7.89. The van der Waals surface area contributed by atoms with E-state index < -0.39 is 17.9 Å². The molecule has 0 radical (unpaired) electrons. The van der Waals surface area contributed by atoms with Crippen LogP contribution in [-0.2, 0) is 9.59 Å².